The molecular formula is C18H30Cl2N4O2S. The third kappa shape index (κ3) is 5.08. The number of hydrogen-bond donors (Lipinski definition) is 2. The van der Waals surface area contributed by atoms with Crippen LogP contribution in [0.3, 0.4) is 0 Å². The van der Waals surface area contributed by atoms with Gasteiger partial charge in [-0.2, -0.15) is 0 Å². The first-order valence-electron chi connectivity index (χ1n) is 9.10. The monoisotopic (exact) mass is 436 g/mol. The van der Waals surface area contributed by atoms with Gasteiger partial charge >= 0.3 is 0 Å². The molecule has 1 aliphatic heterocycles. The SMILES string of the molecule is CC1CCC(N2CCN(S(=O)(=O)c3ccc(CCN)cc3)C2=N)CC1.Cl.Cl. The van der Waals surface area contributed by atoms with E-state index in [0.29, 0.717) is 25.7 Å². The lowest BCUT2D eigenvalue weighted by Gasteiger charge is -2.34. The van der Waals surface area contributed by atoms with Gasteiger partial charge in [0.25, 0.3) is 10.0 Å². The Hall–Kier alpha value is -1.02. The van der Waals surface area contributed by atoms with Crippen LogP contribution in [-0.4, -0.2) is 49.3 Å². The van der Waals surface area contributed by atoms with Crippen LogP contribution in [0.4, 0.5) is 0 Å². The van der Waals surface area contributed by atoms with E-state index in [1.807, 2.05) is 4.90 Å². The lowest BCUT2D eigenvalue weighted by atomic mass is 9.87. The molecule has 0 amide bonds. The van der Waals surface area contributed by atoms with Crippen LogP contribution >= 0.6 is 24.8 Å². The predicted octanol–water partition coefficient (Wildman–Crippen LogP) is 2.85. The molecule has 3 rings (SSSR count). The first-order chi connectivity index (χ1) is 11.9. The van der Waals surface area contributed by atoms with E-state index >= 15 is 0 Å². The minimum absolute atomic E-state index is 0. The number of hydrogen-bond acceptors (Lipinski definition) is 4. The molecule has 6 nitrogen and oxygen atoms in total. The first kappa shape index (κ1) is 24.0. The van der Waals surface area contributed by atoms with Crippen LogP contribution in [0.15, 0.2) is 29.2 Å². The topological polar surface area (TPSA) is 90.5 Å². The highest BCUT2D eigenvalue weighted by Gasteiger charge is 2.38. The zero-order valence-corrected chi connectivity index (χ0v) is 18.1. The third-order valence-corrected chi connectivity index (χ3v) is 7.23. The van der Waals surface area contributed by atoms with Crippen molar-refractivity contribution in [2.24, 2.45) is 11.7 Å². The Kier molecular flexibility index (Phi) is 8.86. The molecule has 2 aliphatic rings. The van der Waals surface area contributed by atoms with Gasteiger partial charge in [0.2, 0.25) is 5.96 Å². The van der Waals surface area contributed by atoms with E-state index < -0.39 is 10.0 Å². The molecule has 154 valence electrons. The summed E-state index contributed by atoms with van der Waals surface area (Å²) >= 11 is 0. The quantitative estimate of drug-likeness (QED) is 0.741. The Morgan fingerprint density at radius 3 is 2.22 bits per heavy atom. The van der Waals surface area contributed by atoms with Crippen LogP contribution in [0.2, 0.25) is 0 Å². The van der Waals surface area contributed by atoms with Gasteiger partial charge in [0, 0.05) is 12.6 Å². The number of nitrogens with two attached hydrogens (primary N) is 1. The van der Waals surface area contributed by atoms with E-state index in [1.54, 1.807) is 24.3 Å². The summed E-state index contributed by atoms with van der Waals surface area (Å²) in [6, 6.07) is 7.16. The molecule has 0 spiro atoms. The largest absolute Gasteiger partial charge is 0.337 e. The van der Waals surface area contributed by atoms with E-state index in [2.05, 4.69) is 6.92 Å². The van der Waals surface area contributed by atoms with Crippen molar-refractivity contribution in [3.05, 3.63) is 29.8 Å². The Bertz CT molecular complexity index is 719. The average molecular weight is 437 g/mol. The minimum atomic E-state index is -3.67. The average Bonchev–Trinajstić information content (AvgIpc) is 2.99. The molecule has 2 fully saturated rings. The first-order valence-corrected chi connectivity index (χ1v) is 10.5. The fourth-order valence-corrected chi connectivity index (χ4v) is 5.21. The second kappa shape index (κ2) is 9.96. The molecule has 27 heavy (non-hydrogen) atoms. The molecule has 1 aromatic rings. The zero-order chi connectivity index (χ0) is 18.0. The second-order valence-electron chi connectivity index (χ2n) is 7.19. The van der Waals surface area contributed by atoms with E-state index in [1.165, 1.54) is 4.31 Å². The number of rotatable bonds is 5. The lowest BCUT2D eigenvalue weighted by Crippen LogP contribution is -2.43. The molecule has 0 radical (unpaired) electrons. The second-order valence-corrected chi connectivity index (χ2v) is 9.05. The van der Waals surface area contributed by atoms with Gasteiger partial charge in [-0.05, 0) is 62.3 Å². The van der Waals surface area contributed by atoms with Crippen LogP contribution in [-0.2, 0) is 16.4 Å². The molecule has 3 N–H and O–H groups in total. The molecule has 0 atom stereocenters. The summed E-state index contributed by atoms with van der Waals surface area (Å²) in [5.74, 6) is 0.866. The van der Waals surface area contributed by atoms with Gasteiger partial charge in [0.15, 0.2) is 0 Å². The fraction of sp³-hybridized carbons (Fsp3) is 0.611. The number of sulfonamides is 1. The van der Waals surface area contributed by atoms with Crippen molar-refractivity contribution in [1.82, 2.24) is 9.21 Å². The Balaban J connectivity index is 0.00000182. The predicted molar refractivity (Wildman–Crippen MR) is 113 cm³/mol. The number of benzene rings is 1. The molecule has 0 aromatic heterocycles. The lowest BCUT2D eigenvalue weighted by molar-refractivity contribution is 0.225. The van der Waals surface area contributed by atoms with Crippen LogP contribution < -0.4 is 5.73 Å². The van der Waals surface area contributed by atoms with Gasteiger partial charge < -0.3 is 10.6 Å². The molecule has 1 heterocycles. The summed E-state index contributed by atoms with van der Waals surface area (Å²) in [7, 11) is -3.67. The van der Waals surface area contributed by atoms with Crippen LogP contribution in [0.5, 0.6) is 0 Å². The number of halogens is 2. The van der Waals surface area contributed by atoms with Crippen molar-refractivity contribution in [3.8, 4) is 0 Å². The van der Waals surface area contributed by atoms with Crippen molar-refractivity contribution < 1.29 is 8.42 Å². The smallest absolute Gasteiger partial charge is 0.266 e. The van der Waals surface area contributed by atoms with Crippen molar-refractivity contribution in [1.29, 1.82) is 5.41 Å². The normalized spacial score (nSPS) is 23.0. The van der Waals surface area contributed by atoms with Crippen molar-refractivity contribution >= 4 is 40.8 Å². The Morgan fingerprint density at radius 1 is 1.07 bits per heavy atom. The molecule has 1 saturated carbocycles. The van der Waals surface area contributed by atoms with Gasteiger partial charge in [-0.25, -0.2) is 12.7 Å². The third-order valence-electron chi connectivity index (χ3n) is 5.42. The van der Waals surface area contributed by atoms with E-state index in [4.69, 9.17) is 11.1 Å². The maximum atomic E-state index is 12.9. The highest BCUT2D eigenvalue weighted by atomic mass is 35.5. The molecule has 0 unspecified atom stereocenters. The molecule has 1 aliphatic carbocycles. The Morgan fingerprint density at radius 2 is 1.67 bits per heavy atom. The summed E-state index contributed by atoms with van der Waals surface area (Å²) in [5.41, 5.74) is 6.56. The summed E-state index contributed by atoms with van der Waals surface area (Å²) < 4.78 is 27.1. The van der Waals surface area contributed by atoms with Gasteiger partial charge in [-0.3, -0.25) is 5.41 Å². The van der Waals surface area contributed by atoms with Gasteiger partial charge in [0.1, 0.15) is 0 Å². The molecule has 0 bridgehead atoms. The Labute approximate surface area is 174 Å². The summed E-state index contributed by atoms with van der Waals surface area (Å²) in [6.45, 7) is 3.77. The summed E-state index contributed by atoms with van der Waals surface area (Å²) in [4.78, 5) is 2.23. The molecule has 1 saturated heterocycles. The molecular weight excluding hydrogens is 407 g/mol. The standard InChI is InChI=1S/C18H28N4O2S.2ClH/c1-14-2-6-16(7-3-14)21-12-13-22(18(21)20)25(23,24)17-8-4-15(5-9-17)10-11-19;;/h4-5,8-9,14,16,20H,2-3,6-7,10-13,19H2,1H3;2*1H. The van der Waals surface area contributed by atoms with E-state index in [0.717, 1.165) is 43.6 Å². The van der Waals surface area contributed by atoms with Gasteiger partial charge in [0.05, 0.1) is 11.4 Å². The number of nitrogens with zero attached hydrogens (tertiary/aromatic N) is 2. The van der Waals surface area contributed by atoms with Crippen LogP contribution in [0.25, 0.3) is 0 Å². The van der Waals surface area contributed by atoms with E-state index in [-0.39, 0.29) is 35.7 Å². The van der Waals surface area contributed by atoms with Crippen molar-refractivity contribution in [2.45, 2.75) is 50.0 Å². The van der Waals surface area contributed by atoms with E-state index in [9.17, 15) is 8.42 Å². The fourth-order valence-electron chi connectivity index (χ4n) is 3.82. The zero-order valence-electron chi connectivity index (χ0n) is 15.6. The highest BCUT2D eigenvalue weighted by molar-refractivity contribution is 7.89. The summed E-state index contributed by atoms with van der Waals surface area (Å²) in [6.07, 6.45) is 5.14. The number of guanidine groups is 1. The maximum absolute atomic E-state index is 12.9. The van der Waals surface area contributed by atoms with Gasteiger partial charge in [-0.15, -0.1) is 24.8 Å². The van der Waals surface area contributed by atoms with Crippen LogP contribution in [0, 0.1) is 11.3 Å². The minimum Gasteiger partial charge on any atom is -0.337 e. The molecule has 9 heteroatoms. The van der Waals surface area contributed by atoms with Crippen molar-refractivity contribution in [3.63, 3.8) is 0 Å². The number of nitrogens with one attached hydrogen (secondary N) is 1. The van der Waals surface area contributed by atoms with Crippen molar-refractivity contribution in [2.75, 3.05) is 19.6 Å². The molecule has 1 aromatic carbocycles. The maximum Gasteiger partial charge on any atom is 0.266 e. The van der Waals surface area contributed by atoms with Gasteiger partial charge in [-0.1, -0.05) is 19.1 Å². The summed E-state index contributed by atoms with van der Waals surface area (Å²) in [5, 5.41) is 8.42. The van der Waals surface area contributed by atoms with Crippen LogP contribution in [0.1, 0.15) is 38.2 Å². The highest BCUT2D eigenvalue weighted by Crippen LogP contribution is 2.30.